The quantitative estimate of drug-likeness (QED) is 0.751. The van der Waals surface area contributed by atoms with Gasteiger partial charge in [0.15, 0.2) is 0 Å². The minimum Gasteiger partial charge on any atom is -0.398 e. The second kappa shape index (κ2) is 5.35. The van der Waals surface area contributed by atoms with E-state index in [2.05, 4.69) is 10.1 Å². The monoisotopic (exact) mass is 284 g/mol. The van der Waals surface area contributed by atoms with Gasteiger partial charge in [-0.2, -0.15) is 5.10 Å². The van der Waals surface area contributed by atoms with Gasteiger partial charge in [0.2, 0.25) is 0 Å². The average Bonchev–Trinajstić information content (AvgIpc) is 2.90. The van der Waals surface area contributed by atoms with Gasteiger partial charge in [-0.05, 0) is 17.7 Å². The van der Waals surface area contributed by atoms with Crippen LogP contribution in [0.1, 0.15) is 5.56 Å². The van der Waals surface area contributed by atoms with E-state index in [9.17, 15) is 0 Å². The summed E-state index contributed by atoms with van der Waals surface area (Å²) in [7, 11) is 0. The van der Waals surface area contributed by atoms with Crippen LogP contribution >= 0.6 is 11.6 Å². The Labute approximate surface area is 121 Å². The summed E-state index contributed by atoms with van der Waals surface area (Å²) in [5.74, 6) is 0. The van der Waals surface area contributed by atoms with Crippen LogP contribution in [0.25, 0.3) is 11.1 Å². The Bertz CT molecular complexity index is 736. The van der Waals surface area contributed by atoms with E-state index in [1.807, 2.05) is 41.2 Å². The zero-order valence-corrected chi connectivity index (χ0v) is 11.5. The van der Waals surface area contributed by atoms with E-state index < -0.39 is 0 Å². The van der Waals surface area contributed by atoms with Crippen LogP contribution in [-0.4, -0.2) is 14.8 Å². The Morgan fingerprint density at radius 3 is 2.80 bits per heavy atom. The molecule has 0 aliphatic carbocycles. The molecule has 0 saturated heterocycles. The molecule has 3 rings (SSSR count). The minimum atomic E-state index is 0.605. The van der Waals surface area contributed by atoms with Crippen LogP contribution in [-0.2, 0) is 6.54 Å². The Balaban J connectivity index is 1.88. The van der Waals surface area contributed by atoms with E-state index >= 15 is 0 Å². The number of hydrogen-bond acceptors (Lipinski definition) is 3. The number of aromatic nitrogens is 3. The zero-order chi connectivity index (χ0) is 13.9. The summed E-state index contributed by atoms with van der Waals surface area (Å²) in [6, 6.07) is 9.63. The third-order valence-electron chi connectivity index (χ3n) is 3.09. The molecule has 20 heavy (non-hydrogen) atoms. The number of halogens is 1. The fourth-order valence-corrected chi connectivity index (χ4v) is 2.23. The molecule has 2 heterocycles. The fourth-order valence-electron chi connectivity index (χ4n) is 2.06. The lowest BCUT2D eigenvalue weighted by molar-refractivity contribution is 0.686. The highest BCUT2D eigenvalue weighted by Crippen LogP contribution is 2.25. The van der Waals surface area contributed by atoms with Gasteiger partial charge in [-0.25, -0.2) is 0 Å². The highest BCUT2D eigenvalue weighted by atomic mass is 35.5. The number of nitrogen functional groups attached to an aromatic ring is 1. The van der Waals surface area contributed by atoms with Gasteiger partial charge < -0.3 is 5.73 Å². The van der Waals surface area contributed by atoms with Gasteiger partial charge in [0.1, 0.15) is 0 Å². The zero-order valence-electron chi connectivity index (χ0n) is 10.7. The maximum atomic E-state index is 6.10. The molecule has 5 heteroatoms. The fraction of sp³-hybridized carbons (Fsp3) is 0.0667. The number of anilines is 1. The molecule has 0 aliphatic rings. The molecule has 3 aromatic rings. The maximum absolute atomic E-state index is 6.10. The molecule has 0 atom stereocenters. The molecule has 0 aliphatic heterocycles. The summed E-state index contributed by atoms with van der Waals surface area (Å²) in [5, 5.41) is 4.99. The number of benzene rings is 1. The number of nitrogens with zero attached hydrogens (tertiary/aromatic N) is 3. The van der Waals surface area contributed by atoms with Crippen LogP contribution in [0.3, 0.4) is 0 Å². The molecule has 0 fully saturated rings. The molecule has 0 bridgehead atoms. The first-order valence-electron chi connectivity index (χ1n) is 6.20. The van der Waals surface area contributed by atoms with Crippen LogP contribution < -0.4 is 5.73 Å². The molecule has 0 radical (unpaired) electrons. The lowest BCUT2D eigenvalue weighted by Crippen LogP contribution is -2.00. The van der Waals surface area contributed by atoms with E-state index in [1.54, 1.807) is 18.6 Å². The van der Waals surface area contributed by atoms with Crippen molar-refractivity contribution in [2.45, 2.75) is 6.54 Å². The predicted molar refractivity (Wildman–Crippen MR) is 80.4 cm³/mol. The van der Waals surface area contributed by atoms with Crippen molar-refractivity contribution >= 4 is 17.3 Å². The average molecular weight is 285 g/mol. The Kier molecular flexibility index (Phi) is 3.39. The van der Waals surface area contributed by atoms with E-state index in [0.29, 0.717) is 11.6 Å². The van der Waals surface area contributed by atoms with Crippen molar-refractivity contribution in [3.63, 3.8) is 0 Å². The van der Waals surface area contributed by atoms with Crippen LogP contribution in [0.5, 0.6) is 0 Å². The van der Waals surface area contributed by atoms with Gasteiger partial charge in [-0.3, -0.25) is 9.67 Å². The first kappa shape index (κ1) is 12.7. The summed E-state index contributed by atoms with van der Waals surface area (Å²) in [6.45, 7) is 0.605. The smallest absolute Gasteiger partial charge is 0.0675 e. The van der Waals surface area contributed by atoms with Gasteiger partial charge in [0, 0.05) is 35.4 Å². The Morgan fingerprint density at radius 1 is 1.15 bits per heavy atom. The van der Waals surface area contributed by atoms with Crippen LogP contribution in [0.2, 0.25) is 5.02 Å². The molecule has 4 nitrogen and oxygen atoms in total. The SMILES string of the molecule is Nc1ccccc1-c1cnn(Cc2ccncc2Cl)c1. The van der Waals surface area contributed by atoms with Gasteiger partial charge in [-0.15, -0.1) is 0 Å². The maximum Gasteiger partial charge on any atom is 0.0675 e. The highest BCUT2D eigenvalue weighted by molar-refractivity contribution is 6.31. The van der Waals surface area contributed by atoms with Crippen molar-refractivity contribution in [2.75, 3.05) is 5.73 Å². The lowest BCUT2D eigenvalue weighted by Gasteiger charge is -2.04. The third-order valence-corrected chi connectivity index (χ3v) is 3.43. The van der Waals surface area contributed by atoms with Crippen molar-refractivity contribution in [3.8, 4) is 11.1 Å². The predicted octanol–water partition coefficient (Wildman–Crippen LogP) is 3.23. The normalized spacial score (nSPS) is 10.7. The highest BCUT2D eigenvalue weighted by Gasteiger charge is 2.06. The second-order valence-corrected chi connectivity index (χ2v) is 4.89. The third kappa shape index (κ3) is 2.51. The van der Waals surface area contributed by atoms with Crippen molar-refractivity contribution < 1.29 is 0 Å². The summed E-state index contributed by atoms with van der Waals surface area (Å²) in [4.78, 5) is 3.97. The van der Waals surface area contributed by atoms with Gasteiger partial charge in [0.05, 0.1) is 17.8 Å². The summed E-state index contributed by atoms with van der Waals surface area (Å²) >= 11 is 6.10. The van der Waals surface area contributed by atoms with E-state index in [4.69, 9.17) is 17.3 Å². The van der Waals surface area contributed by atoms with Gasteiger partial charge >= 0.3 is 0 Å². The van der Waals surface area contributed by atoms with Gasteiger partial charge in [-0.1, -0.05) is 29.8 Å². The number of pyridine rings is 1. The molecule has 0 spiro atoms. The van der Waals surface area contributed by atoms with E-state index in [-0.39, 0.29) is 0 Å². The summed E-state index contributed by atoms with van der Waals surface area (Å²) < 4.78 is 1.84. The van der Waals surface area contributed by atoms with Crippen LogP contribution in [0.4, 0.5) is 5.69 Å². The molecule has 2 aromatic heterocycles. The number of rotatable bonds is 3. The van der Waals surface area contributed by atoms with Crippen LogP contribution in [0, 0.1) is 0 Å². The largest absolute Gasteiger partial charge is 0.398 e. The minimum absolute atomic E-state index is 0.605. The van der Waals surface area contributed by atoms with Crippen molar-refractivity contribution in [3.05, 3.63) is 65.7 Å². The molecule has 100 valence electrons. The number of hydrogen-bond donors (Lipinski definition) is 1. The summed E-state index contributed by atoms with van der Waals surface area (Å²) in [6.07, 6.45) is 7.13. The van der Waals surface area contributed by atoms with E-state index in [1.165, 1.54) is 0 Å². The second-order valence-electron chi connectivity index (χ2n) is 4.48. The molecule has 0 unspecified atom stereocenters. The number of para-hydroxylation sites is 1. The lowest BCUT2D eigenvalue weighted by atomic mass is 10.1. The van der Waals surface area contributed by atoms with Crippen molar-refractivity contribution in [1.82, 2.24) is 14.8 Å². The first-order valence-corrected chi connectivity index (χ1v) is 6.57. The molecule has 0 saturated carbocycles. The molecular formula is C15H13ClN4. The Hall–Kier alpha value is -2.33. The standard InChI is InChI=1S/C15H13ClN4/c16-14-8-18-6-5-11(14)9-20-10-12(7-19-20)13-3-1-2-4-15(13)17/h1-8,10H,9,17H2. The van der Waals surface area contributed by atoms with Crippen LogP contribution in [0.15, 0.2) is 55.1 Å². The number of nitrogens with two attached hydrogens (primary N) is 1. The molecule has 1 aromatic carbocycles. The van der Waals surface area contributed by atoms with Gasteiger partial charge in [0.25, 0.3) is 0 Å². The topological polar surface area (TPSA) is 56.7 Å². The molecule has 2 N–H and O–H groups in total. The van der Waals surface area contributed by atoms with Crippen molar-refractivity contribution in [2.24, 2.45) is 0 Å². The van der Waals surface area contributed by atoms with E-state index in [0.717, 1.165) is 22.4 Å². The van der Waals surface area contributed by atoms with Crippen molar-refractivity contribution in [1.29, 1.82) is 0 Å². The Morgan fingerprint density at radius 2 is 2.00 bits per heavy atom. The molecular weight excluding hydrogens is 272 g/mol. The first-order chi connectivity index (χ1) is 9.74. The summed E-state index contributed by atoms with van der Waals surface area (Å²) in [5.41, 5.74) is 9.68. The molecule has 0 amide bonds.